The van der Waals surface area contributed by atoms with Gasteiger partial charge < -0.3 is 10.2 Å². The highest BCUT2D eigenvalue weighted by Gasteiger charge is 2.17. The van der Waals surface area contributed by atoms with E-state index in [0.717, 1.165) is 41.2 Å². The van der Waals surface area contributed by atoms with Gasteiger partial charge in [-0.2, -0.15) is 0 Å². The van der Waals surface area contributed by atoms with E-state index in [1.807, 2.05) is 29.2 Å². The third-order valence-corrected chi connectivity index (χ3v) is 5.12. The van der Waals surface area contributed by atoms with Crippen LogP contribution in [-0.4, -0.2) is 41.3 Å². The minimum atomic E-state index is -0.0153. The first-order chi connectivity index (χ1) is 11.2. The van der Waals surface area contributed by atoms with E-state index >= 15 is 0 Å². The molecule has 2 heterocycles. The third-order valence-electron chi connectivity index (χ3n) is 4.02. The molecule has 1 aromatic carbocycles. The van der Waals surface area contributed by atoms with Crippen molar-refractivity contribution < 1.29 is 9.59 Å². The fourth-order valence-electron chi connectivity index (χ4n) is 2.77. The first kappa shape index (κ1) is 15.9. The van der Waals surface area contributed by atoms with Crippen LogP contribution >= 0.6 is 11.3 Å². The van der Waals surface area contributed by atoms with Crippen LogP contribution in [0.1, 0.15) is 30.7 Å². The van der Waals surface area contributed by atoms with Gasteiger partial charge in [-0.1, -0.05) is 12.1 Å². The molecule has 5 nitrogen and oxygen atoms in total. The maximum absolute atomic E-state index is 11.9. The quantitative estimate of drug-likeness (QED) is 0.884. The van der Waals surface area contributed by atoms with E-state index in [0.29, 0.717) is 25.8 Å². The Morgan fingerprint density at radius 2 is 1.96 bits per heavy atom. The molecule has 6 heteroatoms. The Hall–Kier alpha value is -1.95. The van der Waals surface area contributed by atoms with Gasteiger partial charge in [-0.15, -0.1) is 11.3 Å². The first-order valence-electron chi connectivity index (χ1n) is 8.11. The summed E-state index contributed by atoms with van der Waals surface area (Å²) >= 11 is 1.63. The lowest BCUT2D eigenvalue weighted by Gasteiger charge is -2.15. The van der Waals surface area contributed by atoms with Crippen LogP contribution in [0.4, 0.5) is 0 Å². The van der Waals surface area contributed by atoms with Crippen molar-refractivity contribution in [3.05, 3.63) is 29.3 Å². The highest BCUT2D eigenvalue weighted by molar-refractivity contribution is 7.18. The zero-order valence-electron chi connectivity index (χ0n) is 13.1. The van der Waals surface area contributed by atoms with Gasteiger partial charge in [0.2, 0.25) is 11.8 Å². The summed E-state index contributed by atoms with van der Waals surface area (Å²) in [5, 5.41) is 3.81. The Balaban J connectivity index is 1.38. The maximum atomic E-state index is 11.9. The summed E-state index contributed by atoms with van der Waals surface area (Å²) < 4.78 is 1.15. The molecule has 1 fully saturated rings. The minimum Gasteiger partial charge on any atom is -0.356 e. The molecule has 1 N–H and O–H groups in total. The van der Waals surface area contributed by atoms with Crippen LogP contribution in [0.25, 0.3) is 10.2 Å². The molecule has 0 aliphatic carbocycles. The topological polar surface area (TPSA) is 62.3 Å². The number of hydrogen-bond acceptors (Lipinski definition) is 4. The van der Waals surface area contributed by atoms with Gasteiger partial charge in [-0.05, 0) is 25.0 Å². The number of benzene rings is 1. The van der Waals surface area contributed by atoms with E-state index < -0.39 is 0 Å². The number of carbonyl (C=O) groups is 2. The number of aryl methyl sites for hydroxylation is 1. The van der Waals surface area contributed by atoms with Gasteiger partial charge in [-0.25, -0.2) is 4.98 Å². The summed E-state index contributed by atoms with van der Waals surface area (Å²) in [6.45, 7) is 2.16. The van der Waals surface area contributed by atoms with E-state index in [2.05, 4.69) is 10.3 Å². The van der Waals surface area contributed by atoms with E-state index in [1.54, 1.807) is 11.3 Å². The van der Waals surface area contributed by atoms with Crippen LogP contribution in [0, 0.1) is 0 Å². The molecule has 0 unspecified atom stereocenters. The van der Waals surface area contributed by atoms with Gasteiger partial charge in [0.1, 0.15) is 0 Å². The summed E-state index contributed by atoms with van der Waals surface area (Å²) in [4.78, 5) is 30.2. The van der Waals surface area contributed by atoms with E-state index in [1.165, 1.54) is 0 Å². The molecule has 0 spiro atoms. The SMILES string of the molecule is O=C(CCc1nc2ccccc2s1)NCCC(=O)N1CCCC1. The summed E-state index contributed by atoms with van der Waals surface area (Å²) in [5.41, 5.74) is 0.990. The number of aromatic nitrogens is 1. The summed E-state index contributed by atoms with van der Waals surface area (Å²) in [7, 11) is 0. The molecule has 0 radical (unpaired) electrons. The minimum absolute atomic E-state index is 0.0153. The van der Waals surface area contributed by atoms with Crippen molar-refractivity contribution in [2.45, 2.75) is 32.1 Å². The van der Waals surface area contributed by atoms with Crippen LogP contribution in [0.15, 0.2) is 24.3 Å². The number of amides is 2. The summed E-state index contributed by atoms with van der Waals surface area (Å²) in [6.07, 6.45) is 3.65. The molecule has 1 aliphatic rings. The zero-order chi connectivity index (χ0) is 16.1. The van der Waals surface area contributed by atoms with Gasteiger partial charge >= 0.3 is 0 Å². The van der Waals surface area contributed by atoms with Crippen LogP contribution < -0.4 is 5.32 Å². The van der Waals surface area contributed by atoms with Crippen LogP contribution in [0.5, 0.6) is 0 Å². The van der Waals surface area contributed by atoms with Crippen molar-refractivity contribution in [1.82, 2.24) is 15.2 Å². The molecule has 2 aromatic rings. The van der Waals surface area contributed by atoms with Crippen molar-refractivity contribution in [1.29, 1.82) is 0 Å². The molecular formula is C17H21N3O2S. The van der Waals surface area contributed by atoms with Crippen molar-refractivity contribution in [2.75, 3.05) is 19.6 Å². The van der Waals surface area contributed by atoms with Gasteiger partial charge in [0, 0.05) is 38.9 Å². The maximum Gasteiger partial charge on any atom is 0.224 e. The Bertz CT molecular complexity index is 659. The Labute approximate surface area is 139 Å². The number of thiazole rings is 1. The summed E-state index contributed by atoms with van der Waals surface area (Å²) in [5.74, 6) is 0.132. The number of carbonyl (C=O) groups excluding carboxylic acids is 2. The van der Waals surface area contributed by atoms with E-state index in [4.69, 9.17) is 0 Å². The van der Waals surface area contributed by atoms with Gasteiger partial charge in [0.15, 0.2) is 0 Å². The number of para-hydroxylation sites is 1. The second kappa shape index (κ2) is 7.55. The van der Waals surface area contributed by atoms with Gasteiger partial charge in [0.05, 0.1) is 15.2 Å². The fraction of sp³-hybridized carbons (Fsp3) is 0.471. The van der Waals surface area contributed by atoms with Crippen molar-refractivity contribution in [3.63, 3.8) is 0 Å². The van der Waals surface area contributed by atoms with Crippen LogP contribution in [0.2, 0.25) is 0 Å². The van der Waals surface area contributed by atoms with Crippen molar-refractivity contribution in [2.24, 2.45) is 0 Å². The number of fused-ring (bicyclic) bond motifs is 1. The molecule has 122 valence electrons. The highest BCUT2D eigenvalue weighted by atomic mass is 32.1. The molecule has 23 heavy (non-hydrogen) atoms. The number of rotatable bonds is 6. The second-order valence-electron chi connectivity index (χ2n) is 5.76. The molecule has 1 aromatic heterocycles. The zero-order valence-corrected chi connectivity index (χ0v) is 13.9. The predicted octanol–water partition coefficient (Wildman–Crippen LogP) is 2.36. The first-order valence-corrected chi connectivity index (χ1v) is 8.93. The fourth-order valence-corrected chi connectivity index (χ4v) is 3.74. The Kier molecular flexibility index (Phi) is 5.23. The molecule has 0 saturated carbocycles. The highest BCUT2D eigenvalue weighted by Crippen LogP contribution is 2.22. The average Bonchev–Trinajstić information content (AvgIpc) is 3.21. The number of hydrogen-bond donors (Lipinski definition) is 1. The number of nitrogens with zero attached hydrogens (tertiary/aromatic N) is 2. The van der Waals surface area contributed by atoms with Crippen molar-refractivity contribution in [3.8, 4) is 0 Å². The Morgan fingerprint density at radius 3 is 2.74 bits per heavy atom. The monoisotopic (exact) mass is 331 g/mol. The molecule has 2 amide bonds. The van der Waals surface area contributed by atoms with Gasteiger partial charge in [-0.3, -0.25) is 9.59 Å². The van der Waals surface area contributed by atoms with Gasteiger partial charge in [0.25, 0.3) is 0 Å². The lowest BCUT2D eigenvalue weighted by atomic mass is 10.3. The lowest BCUT2D eigenvalue weighted by Crippen LogP contribution is -2.32. The number of likely N-dealkylation sites (tertiary alicyclic amines) is 1. The third kappa shape index (κ3) is 4.28. The number of nitrogens with one attached hydrogen (secondary N) is 1. The lowest BCUT2D eigenvalue weighted by molar-refractivity contribution is -0.130. The molecular weight excluding hydrogens is 310 g/mol. The van der Waals surface area contributed by atoms with Crippen LogP contribution in [-0.2, 0) is 16.0 Å². The summed E-state index contributed by atoms with van der Waals surface area (Å²) in [6, 6.07) is 7.99. The molecule has 0 atom stereocenters. The molecule has 1 aliphatic heterocycles. The van der Waals surface area contributed by atoms with Crippen molar-refractivity contribution >= 4 is 33.4 Å². The molecule has 0 bridgehead atoms. The smallest absolute Gasteiger partial charge is 0.224 e. The normalized spacial score (nSPS) is 14.3. The standard InChI is InChI=1S/C17H21N3O2S/c21-15(18-10-9-17(22)20-11-3-4-12-20)7-8-16-19-13-5-1-2-6-14(13)23-16/h1-2,5-6H,3-4,7-12H2,(H,18,21). The molecule has 1 saturated heterocycles. The molecule has 3 rings (SSSR count). The van der Waals surface area contributed by atoms with Crippen LogP contribution in [0.3, 0.4) is 0 Å². The second-order valence-corrected chi connectivity index (χ2v) is 6.88. The average molecular weight is 331 g/mol. The Morgan fingerprint density at radius 1 is 1.17 bits per heavy atom. The predicted molar refractivity (Wildman–Crippen MR) is 91.4 cm³/mol. The largest absolute Gasteiger partial charge is 0.356 e. The van der Waals surface area contributed by atoms with E-state index in [9.17, 15) is 9.59 Å². The van der Waals surface area contributed by atoms with E-state index in [-0.39, 0.29) is 11.8 Å².